The summed E-state index contributed by atoms with van der Waals surface area (Å²) in [7, 11) is 0. The second-order valence-corrected chi connectivity index (χ2v) is 4.07. The summed E-state index contributed by atoms with van der Waals surface area (Å²) in [5.41, 5.74) is 4.36. The zero-order valence-electron chi connectivity index (χ0n) is 10.4. The molecule has 3 nitrogen and oxygen atoms in total. The van der Waals surface area contributed by atoms with E-state index in [0.717, 1.165) is 24.3 Å². The lowest BCUT2D eigenvalue weighted by Gasteiger charge is -2.12. The third-order valence-corrected chi connectivity index (χ3v) is 2.50. The zero-order valence-corrected chi connectivity index (χ0v) is 10.4. The van der Waals surface area contributed by atoms with Gasteiger partial charge in [-0.2, -0.15) is 13.2 Å². The molecule has 0 spiro atoms. The van der Waals surface area contributed by atoms with Gasteiger partial charge in [-0.1, -0.05) is 6.07 Å². The lowest BCUT2D eigenvalue weighted by molar-refractivity contribution is -0.141. The highest BCUT2D eigenvalue weighted by molar-refractivity contribution is 5.34. The number of nitrogens with two attached hydrogens (primary N) is 1. The average Bonchev–Trinajstić information content (AvgIpc) is 2.36. The van der Waals surface area contributed by atoms with Crippen LogP contribution in [0.15, 0.2) is 30.3 Å². The summed E-state index contributed by atoms with van der Waals surface area (Å²) in [6.45, 7) is -0.141. The van der Waals surface area contributed by atoms with Crippen LogP contribution in [0, 0.1) is 11.6 Å². The van der Waals surface area contributed by atoms with E-state index < -0.39 is 29.4 Å². The van der Waals surface area contributed by atoms with Crippen LogP contribution >= 0.6 is 0 Å². The van der Waals surface area contributed by atoms with Crippen molar-refractivity contribution >= 4 is 0 Å². The molecule has 0 aliphatic heterocycles. The third kappa shape index (κ3) is 3.66. The molecule has 1 aromatic heterocycles. The van der Waals surface area contributed by atoms with Crippen molar-refractivity contribution in [3.63, 3.8) is 0 Å². The van der Waals surface area contributed by atoms with Gasteiger partial charge in [-0.05, 0) is 6.07 Å². The quantitative estimate of drug-likeness (QED) is 0.881. The second kappa shape index (κ2) is 5.65. The van der Waals surface area contributed by atoms with E-state index in [1.165, 1.54) is 0 Å². The number of halogens is 5. The van der Waals surface area contributed by atoms with Crippen molar-refractivity contribution in [1.29, 1.82) is 0 Å². The predicted octanol–water partition coefficient (Wildman–Crippen LogP) is 3.63. The average molecular weight is 304 g/mol. The Morgan fingerprint density at radius 2 is 1.67 bits per heavy atom. The van der Waals surface area contributed by atoms with Crippen LogP contribution in [0.25, 0.3) is 0 Å². The topological polar surface area (TPSA) is 48.1 Å². The highest BCUT2D eigenvalue weighted by Crippen LogP contribution is 2.32. The summed E-state index contributed by atoms with van der Waals surface area (Å²) in [4.78, 5) is 3.30. The van der Waals surface area contributed by atoms with E-state index in [2.05, 4.69) is 4.98 Å². The number of hydrogen-bond donors (Lipinski definition) is 1. The highest BCUT2D eigenvalue weighted by Gasteiger charge is 2.33. The maximum atomic E-state index is 13.0. The Hall–Kier alpha value is -2.22. The van der Waals surface area contributed by atoms with Crippen LogP contribution in [-0.4, -0.2) is 4.98 Å². The molecule has 2 rings (SSSR count). The van der Waals surface area contributed by atoms with E-state index in [0.29, 0.717) is 6.07 Å². The maximum absolute atomic E-state index is 13.0. The van der Waals surface area contributed by atoms with E-state index in [9.17, 15) is 22.0 Å². The van der Waals surface area contributed by atoms with Gasteiger partial charge < -0.3 is 10.5 Å². The summed E-state index contributed by atoms with van der Waals surface area (Å²) < 4.78 is 68.9. The van der Waals surface area contributed by atoms with E-state index >= 15 is 0 Å². The van der Waals surface area contributed by atoms with Gasteiger partial charge in [0.2, 0.25) is 5.88 Å². The van der Waals surface area contributed by atoms with Crippen LogP contribution in [0.2, 0.25) is 0 Å². The summed E-state index contributed by atoms with van der Waals surface area (Å²) in [5, 5.41) is 0. The molecule has 0 saturated heterocycles. The maximum Gasteiger partial charge on any atom is 0.433 e. The second-order valence-electron chi connectivity index (χ2n) is 4.07. The minimum Gasteiger partial charge on any atom is -0.438 e. The van der Waals surface area contributed by atoms with Gasteiger partial charge in [0.1, 0.15) is 23.1 Å². The molecule has 0 saturated carbocycles. The lowest BCUT2D eigenvalue weighted by atomic mass is 10.2. The van der Waals surface area contributed by atoms with Crippen LogP contribution in [0.4, 0.5) is 22.0 Å². The van der Waals surface area contributed by atoms with Crippen LogP contribution in [0.3, 0.4) is 0 Å². The van der Waals surface area contributed by atoms with Gasteiger partial charge in [-0.25, -0.2) is 13.8 Å². The Bertz CT molecular complexity index is 637. The van der Waals surface area contributed by atoms with Gasteiger partial charge in [-0.15, -0.1) is 0 Å². The molecule has 0 radical (unpaired) electrons. The first-order chi connectivity index (χ1) is 9.79. The normalized spacial score (nSPS) is 11.5. The molecule has 2 N–H and O–H groups in total. The Morgan fingerprint density at radius 1 is 1.05 bits per heavy atom. The molecule has 21 heavy (non-hydrogen) atoms. The molecular formula is C13H9F5N2O. The van der Waals surface area contributed by atoms with Gasteiger partial charge in [0.05, 0.1) is 0 Å². The number of ether oxygens (including phenoxy) is 1. The van der Waals surface area contributed by atoms with Gasteiger partial charge in [0.25, 0.3) is 0 Å². The minimum absolute atomic E-state index is 0.141. The molecule has 0 aliphatic rings. The van der Waals surface area contributed by atoms with E-state index in [1.54, 1.807) is 0 Å². The number of hydrogen-bond acceptors (Lipinski definition) is 3. The number of alkyl halides is 3. The van der Waals surface area contributed by atoms with Crippen molar-refractivity contribution in [3.8, 4) is 11.6 Å². The molecule has 8 heteroatoms. The molecule has 0 fully saturated rings. The van der Waals surface area contributed by atoms with Crippen molar-refractivity contribution in [2.45, 2.75) is 12.7 Å². The first kappa shape index (κ1) is 15.2. The first-order valence-corrected chi connectivity index (χ1v) is 5.70. The van der Waals surface area contributed by atoms with Crippen molar-refractivity contribution in [3.05, 3.63) is 53.2 Å². The minimum atomic E-state index is -4.67. The van der Waals surface area contributed by atoms with Crippen LogP contribution in [-0.2, 0) is 12.7 Å². The highest BCUT2D eigenvalue weighted by atomic mass is 19.4. The standard InChI is InChI=1S/C13H9F5N2O/c14-8-3-9(15)5-10(4-8)21-12-7(6-19)1-2-11(20-12)13(16,17)18/h1-5H,6,19H2. The molecule has 1 aromatic carbocycles. The van der Waals surface area contributed by atoms with E-state index in [1.807, 2.05) is 0 Å². The van der Waals surface area contributed by atoms with Gasteiger partial charge in [-0.3, -0.25) is 0 Å². The van der Waals surface area contributed by atoms with Crippen molar-refractivity contribution in [2.24, 2.45) is 5.73 Å². The van der Waals surface area contributed by atoms with Crippen molar-refractivity contribution in [2.75, 3.05) is 0 Å². The third-order valence-electron chi connectivity index (χ3n) is 2.50. The van der Waals surface area contributed by atoms with Gasteiger partial charge in [0.15, 0.2) is 0 Å². The Balaban J connectivity index is 2.41. The fourth-order valence-electron chi connectivity index (χ4n) is 1.57. The Kier molecular flexibility index (Phi) is 4.08. The van der Waals surface area contributed by atoms with Gasteiger partial charge >= 0.3 is 6.18 Å². The first-order valence-electron chi connectivity index (χ1n) is 5.70. The molecule has 0 aliphatic carbocycles. The van der Waals surface area contributed by atoms with Crippen molar-refractivity contribution < 1.29 is 26.7 Å². The summed E-state index contributed by atoms with van der Waals surface area (Å²) >= 11 is 0. The molecule has 0 bridgehead atoms. The number of nitrogens with zero attached hydrogens (tertiary/aromatic N) is 1. The monoisotopic (exact) mass is 304 g/mol. The van der Waals surface area contributed by atoms with Gasteiger partial charge in [0, 0.05) is 30.3 Å². The number of aromatic nitrogens is 1. The summed E-state index contributed by atoms with van der Waals surface area (Å²) in [5.74, 6) is -2.61. The fraction of sp³-hybridized carbons (Fsp3) is 0.154. The van der Waals surface area contributed by atoms with Crippen LogP contribution in [0.1, 0.15) is 11.3 Å². The predicted molar refractivity (Wildman–Crippen MR) is 63.6 cm³/mol. The van der Waals surface area contributed by atoms with E-state index in [4.69, 9.17) is 10.5 Å². The van der Waals surface area contributed by atoms with Crippen molar-refractivity contribution in [1.82, 2.24) is 4.98 Å². The molecule has 0 unspecified atom stereocenters. The Labute approximate surface area is 116 Å². The molecule has 112 valence electrons. The number of rotatable bonds is 3. The smallest absolute Gasteiger partial charge is 0.433 e. The zero-order chi connectivity index (χ0) is 15.6. The largest absolute Gasteiger partial charge is 0.438 e. The summed E-state index contributed by atoms with van der Waals surface area (Å²) in [6.07, 6.45) is -4.67. The lowest BCUT2D eigenvalue weighted by Crippen LogP contribution is -2.10. The van der Waals surface area contributed by atoms with E-state index in [-0.39, 0.29) is 17.9 Å². The number of benzene rings is 1. The molecule has 2 aromatic rings. The fourth-order valence-corrected chi connectivity index (χ4v) is 1.57. The SMILES string of the molecule is NCc1ccc(C(F)(F)F)nc1Oc1cc(F)cc(F)c1. The Morgan fingerprint density at radius 3 is 2.19 bits per heavy atom. The molecule has 1 heterocycles. The van der Waals surface area contributed by atoms with Crippen LogP contribution in [0.5, 0.6) is 11.6 Å². The molecule has 0 amide bonds. The number of pyridine rings is 1. The van der Waals surface area contributed by atoms with Crippen LogP contribution < -0.4 is 10.5 Å². The summed E-state index contributed by atoms with van der Waals surface area (Å²) in [6, 6.07) is 4.11. The molecule has 0 atom stereocenters. The molecular weight excluding hydrogens is 295 g/mol.